The lowest BCUT2D eigenvalue weighted by Gasteiger charge is -2.31. The zero-order valence-corrected chi connectivity index (χ0v) is 41.1. The minimum atomic E-state index is -1.56. The van der Waals surface area contributed by atoms with Gasteiger partial charge in [0, 0.05) is 38.3 Å². The Labute approximate surface area is 408 Å². The van der Waals surface area contributed by atoms with Gasteiger partial charge in [-0.3, -0.25) is 47.9 Å². The summed E-state index contributed by atoms with van der Waals surface area (Å²) in [7, 11) is 1.57. The number of unbranched alkanes of at least 4 members (excludes halogenated alkanes) is 1. The summed E-state index contributed by atoms with van der Waals surface area (Å²) >= 11 is 0. The third-order valence-electron chi connectivity index (χ3n) is 12.9. The van der Waals surface area contributed by atoms with E-state index in [4.69, 9.17) is 17.2 Å². The normalized spacial score (nSPS) is 19.7. The maximum absolute atomic E-state index is 14.0. The number of likely N-dealkylation sites (tertiary alicyclic amines) is 1. The van der Waals surface area contributed by atoms with E-state index in [-0.39, 0.29) is 80.5 Å². The molecule has 2 fully saturated rings. The van der Waals surface area contributed by atoms with Crippen molar-refractivity contribution in [2.75, 3.05) is 20.1 Å². The highest BCUT2D eigenvalue weighted by molar-refractivity contribution is 5.97. The molecule has 11 atom stereocenters. The number of carbonyl (C=O) groups excluding carboxylic acids is 10. The van der Waals surface area contributed by atoms with Crippen molar-refractivity contribution in [3.63, 3.8) is 0 Å². The van der Waals surface area contributed by atoms with E-state index in [1.165, 1.54) is 24.0 Å². The zero-order chi connectivity index (χ0) is 52.4. The molecule has 23 nitrogen and oxygen atoms in total. The van der Waals surface area contributed by atoms with Crippen molar-refractivity contribution >= 4 is 59.1 Å². The number of nitrogens with one attached hydrogen (secondary N) is 7. The summed E-state index contributed by atoms with van der Waals surface area (Å²) in [6, 6.07) is -1.83. The maximum Gasteiger partial charge on any atom is 0.248 e. The van der Waals surface area contributed by atoms with Crippen molar-refractivity contribution in [3.8, 4) is 5.75 Å². The molecule has 15 N–H and O–H groups in total. The standard InChI is InChI=1S/C47H75N11O12/c1-7-25(4)38(41(50)64)56-46(69)37(24(2)3)55-42(65)30-22-28(30)23-36(62)52-19-9-8-11-32(51-6)43(66)54-33(21-27-13-15-29(60)16-14-27)44(67)57-39(26(5)59)47(70)58-20-10-12-34(58)45(68)53-31(40(49)63)17-18-35(48)61/h13-16,24-26,28,30-34,37-39,51,59-60H,7-12,17-23H2,1-6H3,(H2,48,61)(H2,49,63)(H2,50,64)(H,52,62)(H,53,68)(H,54,66)(H,55,65)(H,56,69)(H,57,67)/t25?,26?,28?,30-,31+,32+,33+,34+,37+,38+,39+/m1/s1. The molecule has 1 saturated carbocycles. The van der Waals surface area contributed by atoms with E-state index in [1.807, 2.05) is 6.92 Å². The predicted octanol–water partition coefficient (Wildman–Crippen LogP) is -2.43. The Hall–Kier alpha value is -6.36. The first kappa shape index (κ1) is 58.0. The van der Waals surface area contributed by atoms with Gasteiger partial charge in [-0.2, -0.15) is 0 Å². The highest BCUT2D eigenvalue weighted by Crippen LogP contribution is 2.41. The molecule has 0 aromatic heterocycles. The van der Waals surface area contributed by atoms with Crippen LogP contribution in [0.4, 0.5) is 0 Å². The van der Waals surface area contributed by atoms with Crippen LogP contribution in [0, 0.1) is 23.7 Å². The van der Waals surface area contributed by atoms with Gasteiger partial charge in [-0.25, -0.2) is 0 Å². The van der Waals surface area contributed by atoms with E-state index in [0.717, 1.165) is 0 Å². The van der Waals surface area contributed by atoms with E-state index in [9.17, 15) is 58.2 Å². The lowest BCUT2D eigenvalue weighted by molar-refractivity contribution is -0.144. The third kappa shape index (κ3) is 17.9. The molecule has 23 heteroatoms. The molecule has 390 valence electrons. The number of benzene rings is 1. The smallest absolute Gasteiger partial charge is 0.248 e. The summed E-state index contributed by atoms with van der Waals surface area (Å²) < 4.78 is 0. The van der Waals surface area contributed by atoms with Gasteiger partial charge in [0.2, 0.25) is 59.1 Å². The summed E-state index contributed by atoms with van der Waals surface area (Å²) in [4.78, 5) is 130. The van der Waals surface area contributed by atoms with Crippen LogP contribution in [0.2, 0.25) is 0 Å². The Bertz CT molecular complexity index is 2020. The molecular weight excluding hydrogens is 911 g/mol. The first-order chi connectivity index (χ1) is 33.0. The van der Waals surface area contributed by atoms with E-state index < -0.39 is 102 Å². The molecule has 10 amide bonds. The van der Waals surface area contributed by atoms with Crippen molar-refractivity contribution in [1.82, 2.24) is 42.1 Å². The van der Waals surface area contributed by atoms with E-state index >= 15 is 0 Å². The van der Waals surface area contributed by atoms with Gasteiger partial charge >= 0.3 is 0 Å². The Morgan fingerprint density at radius 3 is 1.96 bits per heavy atom. The number of aromatic hydroxyl groups is 1. The molecule has 70 heavy (non-hydrogen) atoms. The summed E-state index contributed by atoms with van der Waals surface area (Å²) in [5.41, 5.74) is 16.7. The van der Waals surface area contributed by atoms with Crippen LogP contribution in [0.25, 0.3) is 0 Å². The van der Waals surface area contributed by atoms with Crippen LogP contribution in [-0.2, 0) is 54.4 Å². The van der Waals surface area contributed by atoms with E-state index in [1.54, 1.807) is 40.0 Å². The lowest BCUT2D eigenvalue weighted by atomic mass is 9.96. The van der Waals surface area contributed by atoms with Crippen LogP contribution in [0.1, 0.15) is 104 Å². The number of phenolic OH excluding ortho intramolecular Hbond substituents is 1. The number of primary amides is 3. The monoisotopic (exact) mass is 986 g/mol. The van der Waals surface area contributed by atoms with Crippen LogP contribution in [0.15, 0.2) is 24.3 Å². The number of likely N-dealkylation sites (N-methyl/N-ethyl adjacent to an activating group) is 1. The Morgan fingerprint density at radius 2 is 1.39 bits per heavy atom. The topological polar surface area (TPSA) is 377 Å². The molecular formula is C47H75N11O12. The number of rotatable bonds is 30. The number of nitrogens with two attached hydrogens (primary N) is 3. The number of phenols is 1. The number of carbonyl (C=O) groups is 10. The first-order valence-corrected chi connectivity index (χ1v) is 24.1. The fourth-order valence-electron chi connectivity index (χ4n) is 8.29. The van der Waals surface area contributed by atoms with Crippen molar-refractivity contribution in [2.24, 2.45) is 40.9 Å². The molecule has 0 radical (unpaired) electrons. The number of aliphatic hydroxyl groups excluding tert-OH is 1. The van der Waals surface area contributed by atoms with Gasteiger partial charge in [-0.05, 0) is 94.4 Å². The summed E-state index contributed by atoms with van der Waals surface area (Å²) in [5, 5.41) is 39.6. The number of aliphatic hydroxyl groups is 1. The van der Waals surface area contributed by atoms with Gasteiger partial charge in [-0.15, -0.1) is 0 Å². The molecule has 1 saturated heterocycles. The predicted molar refractivity (Wildman–Crippen MR) is 255 cm³/mol. The third-order valence-corrected chi connectivity index (χ3v) is 12.9. The summed E-state index contributed by atoms with van der Waals surface area (Å²) in [5.74, 6) is -7.44. The second kappa shape index (κ2) is 27.7. The molecule has 3 unspecified atom stereocenters. The summed E-state index contributed by atoms with van der Waals surface area (Å²) in [6.07, 6.45) is 1.11. The second-order valence-corrected chi connectivity index (χ2v) is 18.8. The van der Waals surface area contributed by atoms with Crippen molar-refractivity contribution in [3.05, 3.63) is 29.8 Å². The molecule has 1 heterocycles. The quantitative estimate of drug-likeness (QED) is 0.0358. The molecule has 0 bridgehead atoms. The Kier molecular flexibility index (Phi) is 23.0. The van der Waals surface area contributed by atoms with Gasteiger partial charge in [-0.1, -0.05) is 46.2 Å². The lowest BCUT2D eigenvalue weighted by Crippen LogP contribution is -2.61. The van der Waals surface area contributed by atoms with Gasteiger partial charge in [0.15, 0.2) is 0 Å². The Morgan fingerprint density at radius 1 is 0.743 bits per heavy atom. The van der Waals surface area contributed by atoms with Crippen molar-refractivity contribution in [1.29, 1.82) is 0 Å². The van der Waals surface area contributed by atoms with Crippen LogP contribution in [0.5, 0.6) is 5.75 Å². The van der Waals surface area contributed by atoms with Gasteiger partial charge < -0.3 is 69.5 Å². The van der Waals surface area contributed by atoms with Gasteiger partial charge in [0.25, 0.3) is 0 Å². The molecule has 1 aromatic carbocycles. The molecule has 1 aromatic rings. The zero-order valence-electron chi connectivity index (χ0n) is 41.1. The maximum atomic E-state index is 14.0. The minimum Gasteiger partial charge on any atom is -0.508 e. The molecule has 0 spiro atoms. The molecule has 1 aliphatic carbocycles. The summed E-state index contributed by atoms with van der Waals surface area (Å²) in [6.45, 7) is 8.87. The average molecular weight is 986 g/mol. The second-order valence-electron chi connectivity index (χ2n) is 18.8. The number of amides is 10. The fourth-order valence-corrected chi connectivity index (χ4v) is 8.29. The number of nitrogens with zero attached hydrogens (tertiary/aromatic N) is 1. The van der Waals surface area contributed by atoms with E-state index in [0.29, 0.717) is 44.1 Å². The largest absolute Gasteiger partial charge is 0.508 e. The first-order valence-electron chi connectivity index (χ1n) is 24.1. The highest BCUT2D eigenvalue weighted by atomic mass is 16.3. The number of hydrogen-bond acceptors (Lipinski definition) is 13. The van der Waals surface area contributed by atoms with Crippen molar-refractivity contribution < 1.29 is 58.2 Å². The number of hydrogen-bond donors (Lipinski definition) is 12. The van der Waals surface area contributed by atoms with Gasteiger partial charge in [0.1, 0.15) is 42.0 Å². The molecule has 1 aliphatic heterocycles. The van der Waals surface area contributed by atoms with Crippen LogP contribution in [0.3, 0.4) is 0 Å². The Balaban J connectivity index is 1.56. The molecule has 2 aliphatic rings. The average Bonchev–Trinajstić information content (AvgIpc) is 3.88. The SMILES string of the molecule is CCC(C)[C@H](NC(=O)[C@@H](NC(=O)[C@@H]1CC1CC(=O)NCCCC[C@H](NC)C(=O)N[C@@H](Cc1ccc(O)cc1)C(=O)N[C@H](C(=O)N1CCC[C@H]1C(=O)N[C@@H](CCC(N)=O)C(N)=O)C(C)O)C(C)C)C(N)=O. The van der Waals surface area contributed by atoms with Crippen molar-refractivity contribution in [2.45, 2.75) is 154 Å². The van der Waals surface area contributed by atoms with Gasteiger partial charge in [0.05, 0.1) is 12.1 Å². The minimum absolute atomic E-state index is 0.0311. The van der Waals surface area contributed by atoms with Crippen LogP contribution >= 0.6 is 0 Å². The van der Waals surface area contributed by atoms with E-state index in [2.05, 4.69) is 37.2 Å². The van der Waals surface area contributed by atoms with Crippen LogP contribution < -0.4 is 54.4 Å². The van der Waals surface area contributed by atoms with Crippen LogP contribution in [-0.4, -0.2) is 143 Å². The fraction of sp³-hybridized carbons (Fsp3) is 0.660. The molecule has 3 rings (SSSR count). The highest BCUT2D eigenvalue weighted by Gasteiger charge is 2.45.